The fraction of sp³-hybridized carbons (Fsp3) is 0.417. The average Bonchev–Trinajstić information content (AvgIpc) is 2.28. The molecule has 0 heterocycles. The third kappa shape index (κ3) is 3.40. The molecule has 86 valence electrons. The van der Waals surface area contributed by atoms with Crippen molar-refractivity contribution in [3.63, 3.8) is 0 Å². The van der Waals surface area contributed by atoms with Crippen LogP contribution < -0.4 is 4.90 Å². The van der Waals surface area contributed by atoms with Gasteiger partial charge in [-0.3, -0.25) is 0 Å². The zero-order chi connectivity index (χ0) is 12.1. The summed E-state index contributed by atoms with van der Waals surface area (Å²) in [7, 11) is 1.98. The van der Waals surface area contributed by atoms with Gasteiger partial charge in [0.15, 0.2) is 0 Å². The van der Waals surface area contributed by atoms with Gasteiger partial charge in [-0.05, 0) is 24.6 Å². The zero-order valence-corrected chi connectivity index (χ0v) is 11.7. The number of rotatable bonds is 4. The number of nitrogens with zero attached hydrogens (tertiary/aromatic N) is 2. The highest BCUT2D eigenvalue weighted by atomic mass is 79.9. The SMILES string of the molecule is CC(C#N)CN(C)c1cc(Br)ccc1CCl. The van der Waals surface area contributed by atoms with Crippen LogP contribution in [0.4, 0.5) is 5.69 Å². The van der Waals surface area contributed by atoms with Gasteiger partial charge in [0.2, 0.25) is 0 Å². The van der Waals surface area contributed by atoms with Crippen molar-refractivity contribution in [2.75, 3.05) is 18.5 Å². The van der Waals surface area contributed by atoms with Gasteiger partial charge in [-0.25, -0.2) is 0 Å². The summed E-state index contributed by atoms with van der Waals surface area (Å²) in [5.41, 5.74) is 2.16. The van der Waals surface area contributed by atoms with Crippen LogP contribution in [0.2, 0.25) is 0 Å². The van der Waals surface area contributed by atoms with Crippen LogP contribution >= 0.6 is 27.5 Å². The van der Waals surface area contributed by atoms with Gasteiger partial charge in [-0.15, -0.1) is 11.6 Å². The van der Waals surface area contributed by atoms with Crippen LogP contribution in [0.25, 0.3) is 0 Å². The maximum Gasteiger partial charge on any atom is 0.0671 e. The molecule has 0 spiro atoms. The van der Waals surface area contributed by atoms with E-state index in [1.54, 1.807) is 0 Å². The van der Waals surface area contributed by atoms with Gasteiger partial charge in [-0.1, -0.05) is 22.0 Å². The number of benzene rings is 1. The maximum atomic E-state index is 8.80. The van der Waals surface area contributed by atoms with Crippen LogP contribution in [-0.4, -0.2) is 13.6 Å². The first kappa shape index (κ1) is 13.3. The van der Waals surface area contributed by atoms with Gasteiger partial charge < -0.3 is 4.90 Å². The lowest BCUT2D eigenvalue weighted by atomic mass is 10.1. The van der Waals surface area contributed by atoms with Crippen molar-refractivity contribution in [1.82, 2.24) is 0 Å². The van der Waals surface area contributed by atoms with E-state index in [1.807, 2.05) is 32.2 Å². The summed E-state index contributed by atoms with van der Waals surface area (Å²) in [5.74, 6) is 0.487. The van der Waals surface area contributed by atoms with Crippen LogP contribution in [0.1, 0.15) is 12.5 Å². The third-order valence-electron chi connectivity index (χ3n) is 2.37. The van der Waals surface area contributed by atoms with Crippen molar-refractivity contribution < 1.29 is 0 Å². The molecule has 16 heavy (non-hydrogen) atoms. The summed E-state index contributed by atoms with van der Waals surface area (Å²) in [6.07, 6.45) is 0. The third-order valence-corrected chi connectivity index (χ3v) is 3.15. The molecule has 1 aromatic rings. The van der Waals surface area contributed by atoms with E-state index >= 15 is 0 Å². The Bertz CT molecular complexity index is 400. The van der Waals surface area contributed by atoms with E-state index in [2.05, 4.69) is 26.9 Å². The quantitative estimate of drug-likeness (QED) is 0.791. The fourth-order valence-electron chi connectivity index (χ4n) is 1.56. The number of nitriles is 1. The minimum atomic E-state index is 0.00663. The molecule has 0 fully saturated rings. The number of halogens is 2. The molecule has 1 rings (SSSR count). The zero-order valence-electron chi connectivity index (χ0n) is 9.37. The number of anilines is 1. The Morgan fingerprint density at radius 1 is 1.56 bits per heavy atom. The Morgan fingerprint density at radius 3 is 2.81 bits per heavy atom. The summed E-state index contributed by atoms with van der Waals surface area (Å²) < 4.78 is 1.02. The molecule has 0 amide bonds. The van der Waals surface area contributed by atoms with E-state index < -0.39 is 0 Å². The molecule has 0 N–H and O–H groups in total. The van der Waals surface area contributed by atoms with E-state index in [9.17, 15) is 0 Å². The van der Waals surface area contributed by atoms with E-state index in [0.29, 0.717) is 12.4 Å². The molecule has 1 aromatic carbocycles. The Kier molecular flexibility index (Phi) is 5.11. The fourth-order valence-corrected chi connectivity index (χ4v) is 2.13. The molecule has 0 aliphatic carbocycles. The Labute approximate surface area is 110 Å². The van der Waals surface area contributed by atoms with Crippen LogP contribution in [-0.2, 0) is 5.88 Å². The van der Waals surface area contributed by atoms with Gasteiger partial charge in [0.25, 0.3) is 0 Å². The highest BCUT2D eigenvalue weighted by Crippen LogP contribution is 2.26. The van der Waals surface area contributed by atoms with Crippen LogP contribution in [0.3, 0.4) is 0 Å². The van der Waals surface area contributed by atoms with Gasteiger partial charge >= 0.3 is 0 Å². The molecular weight excluding hydrogens is 288 g/mol. The normalized spacial score (nSPS) is 11.9. The Hall–Kier alpha value is -0.720. The van der Waals surface area contributed by atoms with Crippen molar-refractivity contribution >= 4 is 33.2 Å². The first-order valence-corrected chi connectivity index (χ1v) is 6.36. The molecule has 2 nitrogen and oxygen atoms in total. The maximum absolute atomic E-state index is 8.80. The smallest absolute Gasteiger partial charge is 0.0671 e. The second-order valence-corrected chi connectivity index (χ2v) is 5.00. The second kappa shape index (κ2) is 6.12. The average molecular weight is 302 g/mol. The predicted molar refractivity (Wildman–Crippen MR) is 71.7 cm³/mol. The van der Waals surface area contributed by atoms with Gasteiger partial charge in [0, 0.05) is 29.6 Å². The molecule has 0 aliphatic heterocycles. The summed E-state index contributed by atoms with van der Waals surface area (Å²) in [4.78, 5) is 2.07. The lowest BCUT2D eigenvalue weighted by Gasteiger charge is -2.23. The molecule has 0 aliphatic rings. The molecule has 0 saturated carbocycles. The van der Waals surface area contributed by atoms with E-state index in [4.69, 9.17) is 16.9 Å². The first-order valence-electron chi connectivity index (χ1n) is 5.03. The highest BCUT2D eigenvalue weighted by Gasteiger charge is 2.10. The minimum Gasteiger partial charge on any atom is -0.373 e. The molecule has 0 aromatic heterocycles. The molecule has 0 radical (unpaired) electrons. The van der Waals surface area contributed by atoms with E-state index in [0.717, 1.165) is 15.7 Å². The molecule has 1 atom stereocenters. The van der Waals surface area contributed by atoms with E-state index in [-0.39, 0.29) is 5.92 Å². The lowest BCUT2D eigenvalue weighted by molar-refractivity contribution is 0.715. The summed E-state index contributed by atoms with van der Waals surface area (Å²) in [6, 6.07) is 8.24. The molecule has 0 bridgehead atoms. The second-order valence-electron chi connectivity index (χ2n) is 3.82. The van der Waals surface area contributed by atoms with Crippen LogP contribution in [0.5, 0.6) is 0 Å². The van der Waals surface area contributed by atoms with Gasteiger partial charge in [-0.2, -0.15) is 5.26 Å². The standard InChI is InChI=1S/C12H14BrClN2/c1-9(7-15)8-16(2)12-5-11(13)4-3-10(12)6-14/h3-5,9H,6,8H2,1-2H3. The summed E-state index contributed by atoms with van der Waals surface area (Å²) in [6.45, 7) is 2.62. The lowest BCUT2D eigenvalue weighted by Crippen LogP contribution is -2.24. The van der Waals surface area contributed by atoms with Crippen LogP contribution in [0.15, 0.2) is 22.7 Å². The van der Waals surface area contributed by atoms with Gasteiger partial charge in [0.1, 0.15) is 0 Å². The highest BCUT2D eigenvalue weighted by molar-refractivity contribution is 9.10. The number of hydrogen-bond acceptors (Lipinski definition) is 2. The first-order chi connectivity index (χ1) is 7.58. The van der Waals surface area contributed by atoms with E-state index in [1.165, 1.54) is 0 Å². The Morgan fingerprint density at radius 2 is 2.25 bits per heavy atom. The van der Waals surface area contributed by atoms with Crippen molar-refractivity contribution in [1.29, 1.82) is 5.26 Å². The molecule has 1 unspecified atom stereocenters. The predicted octanol–water partition coefficient (Wildman–Crippen LogP) is 3.78. The topological polar surface area (TPSA) is 27.0 Å². The summed E-state index contributed by atoms with van der Waals surface area (Å²) in [5, 5.41) is 8.80. The molecule has 0 saturated heterocycles. The largest absolute Gasteiger partial charge is 0.373 e. The van der Waals surface area contributed by atoms with Crippen LogP contribution in [0, 0.1) is 17.2 Å². The van der Waals surface area contributed by atoms with Crippen molar-refractivity contribution in [2.24, 2.45) is 5.92 Å². The number of hydrogen-bond donors (Lipinski definition) is 0. The molecule has 4 heteroatoms. The number of alkyl halides is 1. The van der Waals surface area contributed by atoms with Crippen molar-refractivity contribution in [2.45, 2.75) is 12.8 Å². The van der Waals surface area contributed by atoms with Gasteiger partial charge in [0.05, 0.1) is 12.0 Å². The van der Waals surface area contributed by atoms with Crippen molar-refractivity contribution in [3.05, 3.63) is 28.2 Å². The van der Waals surface area contributed by atoms with Crippen molar-refractivity contribution in [3.8, 4) is 6.07 Å². The monoisotopic (exact) mass is 300 g/mol. The minimum absolute atomic E-state index is 0.00663. The molecular formula is C12H14BrClN2. The summed E-state index contributed by atoms with van der Waals surface area (Å²) >= 11 is 9.33. The Balaban J connectivity index is 2.93.